The van der Waals surface area contributed by atoms with Crippen molar-refractivity contribution < 1.29 is 15.0 Å². The third kappa shape index (κ3) is 15.1. The Morgan fingerprint density at radius 3 is 0.607 bits per heavy atom. The molecular weight excluding hydrogens is 685 g/mol. The van der Waals surface area contributed by atoms with Crippen molar-refractivity contribution in [1.82, 2.24) is 0 Å². The van der Waals surface area contributed by atoms with Crippen LogP contribution in [0.3, 0.4) is 0 Å². The number of hydrogen-bond donors (Lipinski definition) is 2. The Kier molecular flexibility index (Phi) is 26.6. The molecule has 3 nitrogen and oxygen atoms in total. The lowest BCUT2D eigenvalue weighted by Gasteiger charge is -2.28. The highest BCUT2D eigenvalue weighted by atomic mass is 16.3. The zero-order valence-electron chi connectivity index (χ0n) is 38.4. The molecule has 0 aromatic heterocycles. The lowest BCUT2D eigenvalue weighted by molar-refractivity contribution is 0.103. The zero-order valence-corrected chi connectivity index (χ0v) is 38.4. The van der Waals surface area contributed by atoms with Crippen LogP contribution in [0.25, 0.3) is 0 Å². The summed E-state index contributed by atoms with van der Waals surface area (Å²) in [5.74, 6) is 1.26. The molecule has 0 aliphatic rings. The Morgan fingerprint density at radius 1 is 0.286 bits per heavy atom. The van der Waals surface area contributed by atoms with Gasteiger partial charge in [0.1, 0.15) is 11.5 Å². The predicted molar refractivity (Wildman–Crippen MR) is 245 cm³/mol. The molecule has 0 heterocycles. The number of phenols is 2. The van der Waals surface area contributed by atoms with Gasteiger partial charge < -0.3 is 10.2 Å². The summed E-state index contributed by atoms with van der Waals surface area (Å²) in [5.41, 5.74) is 10.9. The van der Waals surface area contributed by atoms with Crippen LogP contribution in [-0.2, 0) is 51.4 Å². The number of benzene rings is 2. The quantitative estimate of drug-likeness (QED) is 0.0550. The van der Waals surface area contributed by atoms with Gasteiger partial charge in [0.25, 0.3) is 0 Å². The van der Waals surface area contributed by atoms with E-state index >= 15 is 4.79 Å². The fraction of sp³-hybridized carbons (Fsp3) is 0.755. The number of rotatable bonds is 34. The van der Waals surface area contributed by atoms with Gasteiger partial charge in [0.15, 0.2) is 5.78 Å². The minimum atomic E-state index is 0.225. The smallest absolute Gasteiger partial charge is 0.194 e. The Balaban J connectivity index is 3.29. The molecule has 0 saturated heterocycles. The summed E-state index contributed by atoms with van der Waals surface area (Å²) in [4.78, 5) is 16.4. The summed E-state index contributed by atoms with van der Waals surface area (Å²) in [6, 6.07) is 0. The lowest BCUT2D eigenvalue weighted by Crippen LogP contribution is -2.21. The van der Waals surface area contributed by atoms with E-state index in [0.717, 1.165) is 261 Å². The van der Waals surface area contributed by atoms with E-state index in [-0.39, 0.29) is 5.78 Å². The number of unbranched alkanes of at least 4 members (excludes halogenated alkanes) is 16. The molecule has 2 N–H and O–H groups in total. The van der Waals surface area contributed by atoms with Gasteiger partial charge in [0.05, 0.1) is 0 Å². The summed E-state index contributed by atoms with van der Waals surface area (Å²) in [6.07, 6.45) is 33.1. The normalized spacial score (nSPS) is 11.6. The van der Waals surface area contributed by atoms with Gasteiger partial charge in [-0.05, 0) is 147 Å². The number of carbonyl (C=O) groups is 1. The van der Waals surface area contributed by atoms with Gasteiger partial charge in [-0.25, -0.2) is 0 Å². The molecule has 320 valence electrons. The summed E-state index contributed by atoms with van der Waals surface area (Å²) in [6.45, 7) is 18.1. The molecule has 0 aliphatic heterocycles. The summed E-state index contributed by atoms with van der Waals surface area (Å²) in [5, 5.41) is 24.9. The number of carbonyl (C=O) groups excluding carboxylic acids is 1. The number of phenolic OH excluding ortho intramolecular Hbond substituents is 2. The summed E-state index contributed by atoms with van der Waals surface area (Å²) in [7, 11) is 0. The molecular formula is C53H90O3. The predicted octanol–water partition coefficient (Wildman–Crippen LogP) is 16.2. The van der Waals surface area contributed by atoms with Crippen LogP contribution in [0.2, 0.25) is 0 Å². The molecule has 0 atom stereocenters. The highest BCUT2D eigenvalue weighted by molar-refractivity contribution is 6.14. The Hall–Kier alpha value is -2.29. The molecule has 2 aromatic rings. The fourth-order valence-electron chi connectivity index (χ4n) is 9.17. The first-order valence-corrected chi connectivity index (χ1v) is 24.6. The first-order chi connectivity index (χ1) is 27.3. The molecule has 0 radical (unpaired) electrons. The molecule has 2 aromatic carbocycles. The Labute approximate surface area is 347 Å². The van der Waals surface area contributed by atoms with Crippen molar-refractivity contribution in [2.24, 2.45) is 0 Å². The number of ketones is 1. The fourth-order valence-corrected chi connectivity index (χ4v) is 9.17. The monoisotopic (exact) mass is 775 g/mol. The number of hydrogen-bond acceptors (Lipinski definition) is 3. The first kappa shape index (κ1) is 49.9. The van der Waals surface area contributed by atoms with Gasteiger partial charge in [0.2, 0.25) is 0 Å². The minimum absolute atomic E-state index is 0.225. The largest absolute Gasteiger partial charge is 0.507 e. The number of aromatic hydroxyl groups is 2. The maximum Gasteiger partial charge on any atom is 0.194 e. The van der Waals surface area contributed by atoms with Gasteiger partial charge in [-0.15, -0.1) is 0 Å². The lowest BCUT2D eigenvalue weighted by atomic mass is 9.76. The standard InChI is InChI=1S/C53H90O3/c1-9-17-25-33-41-45(37-29-21-13-5)51(54)46(38-30-22-14-6)42(34-26-18-10-2)49(41)53(56)50-43(35-27-19-11-3)47(39-31-23-15-7)52(55)48(40-32-24-16-8)44(50)36-28-20-12-4/h54-55H,9-40H2,1-8H3. The van der Waals surface area contributed by atoms with E-state index in [2.05, 4.69) is 55.4 Å². The molecule has 0 unspecified atom stereocenters. The molecule has 3 heteroatoms. The van der Waals surface area contributed by atoms with Crippen molar-refractivity contribution >= 4 is 5.78 Å². The maximum absolute atomic E-state index is 16.4. The van der Waals surface area contributed by atoms with E-state index in [1.807, 2.05) is 0 Å². The average Bonchev–Trinajstić information content (AvgIpc) is 3.19. The van der Waals surface area contributed by atoms with Crippen LogP contribution in [-0.4, -0.2) is 16.0 Å². The van der Waals surface area contributed by atoms with E-state index < -0.39 is 0 Å². The van der Waals surface area contributed by atoms with Gasteiger partial charge in [-0.3, -0.25) is 4.79 Å². The molecule has 0 saturated carbocycles. The zero-order chi connectivity index (χ0) is 41.1. The van der Waals surface area contributed by atoms with Crippen LogP contribution in [0.4, 0.5) is 0 Å². The molecule has 0 aliphatic carbocycles. The third-order valence-electron chi connectivity index (χ3n) is 12.5. The molecule has 2 rings (SSSR count). The van der Waals surface area contributed by atoms with Crippen LogP contribution in [0.1, 0.15) is 270 Å². The van der Waals surface area contributed by atoms with Gasteiger partial charge in [-0.2, -0.15) is 0 Å². The van der Waals surface area contributed by atoms with Crippen LogP contribution >= 0.6 is 0 Å². The Bertz CT molecular complexity index is 1190. The second-order valence-electron chi connectivity index (χ2n) is 17.3. The maximum atomic E-state index is 16.4. The van der Waals surface area contributed by atoms with Crippen molar-refractivity contribution in [3.05, 3.63) is 55.6 Å². The molecule has 56 heavy (non-hydrogen) atoms. The van der Waals surface area contributed by atoms with Gasteiger partial charge in [0, 0.05) is 11.1 Å². The molecule has 0 fully saturated rings. The SMILES string of the molecule is CCCCCc1c(O)c(CCCCC)c(CCCCC)c(C(=O)c2c(CCCCC)c(CCCCC)c(O)c(CCCCC)c2CCCCC)c1CCCCC. The van der Waals surface area contributed by atoms with Crippen molar-refractivity contribution in [2.45, 2.75) is 261 Å². The van der Waals surface area contributed by atoms with Crippen molar-refractivity contribution in [2.75, 3.05) is 0 Å². The van der Waals surface area contributed by atoms with Crippen molar-refractivity contribution in [1.29, 1.82) is 0 Å². The average molecular weight is 775 g/mol. The topological polar surface area (TPSA) is 57.5 Å². The molecule has 0 amide bonds. The van der Waals surface area contributed by atoms with E-state index in [1.54, 1.807) is 0 Å². The van der Waals surface area contributed by atoms with E-state index in [4.69, 9.17) is 0 Å². The second-order valence-corrected chi connectivity index (χ2v) is 17.3. The van der Waals surface area contributed by atoms with Crippen molar-refractivity contribution in [3.63, 3.8) is 0 Å². The summed E-state index contributed by atoms with van der Waals surface area (Å²) < 4.78 is 0. The second kappa shape index (κ2) is 29.9. The summed E-state index contributed by atoms with van der Waals surface area (Å²) >= 11 is 0. The van der Waals surface area contributed by atoms with Crippen LogP contribution < -0.4 is 0 Å². The van der Waals surface area contributed by atoms with Crippen molar-refractivity contribution in [3.8, 4) is 11.5 Å². The van der Waals surface area contributed by atoms with E-state index in [1.165, 1.54) is 0 Å². The van der Waals surface area contributed by atoms with Crippen LogP contribution in [0.5, 0.6) is 11.5 Å². The van der Waals surface area contributed by atoms with E-state index in [0.29, 0.717) is 11.5 Å². The van der Waals surface area contributed by atoms with Gasteiger partial charge >= 0.3 is 0 Å². The van der Waals surface area contributed by atoms with Gasteiger partial charge in [-0.1, -0.05) is 158 Å². The van der Waals surface area contributed by atoms with E-state index in [9.17, 15) is 10.2 Å². The third-order valence-corrected chi connectivity index (χ3v) is 12.5. The van der Waals surface area contributed by atoms with Crippen LogP contribution in [0.15, 0.2) is 0 Å². The highest BCUT2D eigenvalue weighted by Gasteiger charge is 2.32. The Morgan fingerprint density at radius 2 is 0.446 bits per heavy atom. The molecule has 0 bridgehead atoms. The molecule has 0 spiro atoms. The minimum Gasteiger partial charge on any atom is -0.507 e. The highest BCUT2D eigenvalue weighted by Crippen LogP contribution is 2.43. The first-order valence-electron chi connectivity index (χ1n) is 24.6. The van der Waals surface area contributed by atoms with Crippen LogP contribution in [0, 0.1) is 0 Å².